The molecule has 0 atom stereocenters. The maximum Gasteiger partial charge on any atom is 0.161 e. The fraction of sp³-hybridized carbons (Fsp3) is 0.250. The molecule has 0 saturated carbocycles. The first-order valence-corrected chi connectivity index (χ1v) is 6.66. The molecule has 0 bridgehead atoms. The van der Waals surface area contributed by atoms with Gasteiger partial charge in [0.1, 0.15) is 0 Å². The van der Waals surface area contributed by atoms with E-state index in [1.807, 2.05) is 37.4 Å². The van der Waals surface area contributed by atoms with Crippen molar-refractivity contribution in [3.8, 4) is 0 Å². The third-order valence-corrected chi connectivity index (χ3v) is 3.14. The summed E-state index contributed by atoms with van der Waals surface area (Å²) >= 11 is 0. The van der Waals surface area contributed by atoms with Gasteiger partial charge in [0.05, 0.1) is 12.1 Å². The number of aromatic nitrogens is 2. The molecule has 4 nitrogen and oxygen atoms in total. The summed E-state index contributed by atoms with van der Waals surface area (Å²) < 4.78 is 1.77. The van der Waals surface area contributed by atoms with Crippen molar-refractivity contribution in [2.75, 3.05) is 5.73 Å². The summed E-state index contributed by atoms with van der Waals surface area (Å²) in [4.78, 5) is 11.9. The van der Waals surface area contributed by atoms with E-state index in [0.717, 1.165) is 29.1 Å². The average molecular weight is 269 g/mol. The molecule has 0 aliphatic heterocycles. The van der Waals surface area contributed by atoms with Crippen LogP contribution in [0, 0.1) is 0 Å². The highest BCUT2D eigenvalue weighted by atomic mass is 16.1. The minimum absolute atomic E-state index is 0.0625. The van der Waals surface area contributed by atoms with Crippen LogP contribution < -0.4 is 5.73 Å². The van der Waals surface area contributed by atoms with Crippen LogP contribution in [0.2, 0.25) is 0 Å². The van der Waals surface area contributed by atoms with Gasteiger partial charge in [-0.1, -0.05) is 25.1 Å². The molecule has 0 radical (unpaired) electrons. The number of ketones is 1. The maximum absolute atomic E-state index is 11.9. The summed E-state index contributed by atoms with van der Waals surface area (Å²) in [5.41, 5.74) is 9.25. The van der Waals surface area contributed by atoms with Crippen LogP contribution in [0.1, 0.15) is 23.9 Å². The first-order valence-electron chi connectivity index (χ1n) is 6.66. The van der Waals surface area contributed by atoms with Gasteiger partial charge >= 0.3 is 0 Å². The lowest BCUT2D eigenvalue weighted by Gasteiger charge is -1.98. The Morgan fingerprint density at radius 2 is 2.05 bits per heavy atom. The molecule has 0 fully saturated rings. The van der Waals surface area contributed by atoms with Gasteiger partial charge in [0.25, 0.3) is 0 Å². The Kier molecular flexibility index (Phi) is 4.35. The first-order chi connectivity index (χ1) is 9.58. The molecule has 1 heterocycles. The van der Waals surface area contributed by atoms with Crippen molar-refractivity contribution in [2.24, 2.45) is 7.05 Å². The molecular weight excluding hydrogens is 250 g/mol. The number of carbonyl (C=O) groups is 1. The highest BCUT2D eigenvalue weighted by Gasteiger charge is 2.07. The standard InChI is InChI=1S/C16H19N3O/c1-3-14-10-15(19(2)18-14)11-16(20)9-6-12-4-7-13(17)8-5-12/h4-10H,3,11,17H2,1-2H3/b9-6+. The number of hydrogen-bond acceptors (Lipinski definition) is 3. The van der Waals surface area contributed by atoms with Crippen LogP contribution in [-0.4, -0.2) is 15.6 Å². The van der Waals surface area contributed by atoms with E-state index in [1.165, 1.54) is 0 Å². The first kappa shape index (κ1) is 14.1. The van der Waals surface area contributed by atoms with Crippen LogP contribution in [0.15, 0.2) is 36.4 Å². The lowest BCUT2D eigenvalue weighted by Crippen LogP contribution is -2.04. The van der Waals surface area contributed by atoms with E-state index in [0.29, 0.717) is 6.42 Å². The number of rotatable bonds is 5. The van der Waals surface area contributed by atoms with Gasteiger partial charge in [-0.25, -0.2) is 0 Å². The quantitative estimate of drug-likeness (QED) is 0.669. The van der Waals surface area contributed by atoms with Crippen LogP contribution >= 0.6 is 0 Å². The number of aryl methyl sites for hydroxylation is 2. The molecule has 0 aliphatic carbocycles. The molecule has 20 heavy (non-hydrogen) atoms. The Bertz CT molecular complexity index is 624. The Labute approximate surface area is 118 Å². The number of nitrogen functional groups attached to an aromatic ring is 1. The fourth-order valence-electron chi connectivity index (χ4n) is 1.94. The molecule has 0 unspecified atom stereocenters. The molecule has 0 saturated heterocycles. The molecule has 2 aromatic rings. The molecule has 0 amide bonds. The van der Waals surface area contributed by atoms with Crippen molar-refractivity contribution in [2.45, 2.75) is 19.8 Å². The smallest absolute Gasteiger partial charge is 0.161 e. The van der Waals surface area contributed by atoms with Crippen molar-refractivity contribution in [1.29, 1.82) is 0 Å². The molecule has 2 rings (SSSR count). The number of hydrogen-bond donors (Lipinski definition) is 1. The second-order valence-electron chi connectivity index (χ2n) is 4.75. The number of carbonyl (C=O) groups excluding carboxylic acids is 1. The van der Waals surface area contributed by atoms with Gasteiger partial charge in [-0.15, -0.1) is 0 Å². The van der Waals surface area contributed by atoms with Crippen molar-refractivity contribution < 1.29 is 4.79 Å². The highest BCUT2D eigenvalue weighted by Crippen LogP contribution is 2.09. The maximum atomic E-state index is 11.9. The topological polar surface area (TPSA) is 60.9 Å². The number of allylic oxidation sites excluding steroid dienone is 1. The minimum atomic E-state index is 0.0625. The summed E-state index contributed by atoms with van der Waals surface area (Å²) in [7, 11) is 1.87. The third kappa shape index (κ3) is 3.57. The normalized spacial score (nSPS) is 11.1. The second-order valence-corrected chi connectivity index (χ2v) is 4.75. The molecule has 2 N–H and O–H groups in total. The van der Waals surface area contributed by atoms with E-state index in [1.54, 1.807) is 16.8 Å². The Morgan fingerprint density at radius 1 is 1.35 bits per heavy atom. The van der Waals surface area contributed by atoms with E-state index >= 15 is 0 Å². The van der Waals surface area contributed by atoms with E-state index in [-0.39, 0.29) is 5.78 Å². The van der Waals surface area contributed by atoms with E-state index in [4.69, 9.17) is 5.73 Å². The predicted molar refractivity (Wildman–Crippen MR) is 81.2 cm³/mol. The van der Waals surface area contributed by atoms with Crippen molar-refractivity contribution in [3.05, 3.63) is 53.4 Å². The third-order valence-electron chi connectivity index (χ3n) is 3.14. The Morgan fingerprint density at radius 3 is 2.65 bits per heavy atom. The fourth-order valence-corrected chi connectivity index (χ4v) is 1.94. The van der Waals surface area contributed by atoms with Crippen LogP contribution in [0.5, 0.6) is 0 Å². The zero-order valence-corrected chi connectivity index (χ0v) is 11.8. The van der Waals surface area contributed by atoms with Gasteiger partial charge in [-0.05, 0) is 36.3 Å². The molecule has 1 aromatic heterocycles. The van der Waals surface area contributed by atoms with Crippen LogP contribution in [0.4, 0.5) is 5.69 Å². The van der Waals surface area contributed by atoms with Gasteiger partial charge in [-0.2, -0.15) is 5.10 Å². The average Bonchev–Trinajstić information content (AvgIpc) is 2.79. The number of nitrogens with two attached hydrogens (primary N) is 1. The predicted octanol–water partition coefficient (Wildman–Crippen LogP) is 2.39. The zero-order chi connectivity index (χ0) is 14.5. The molecule has 4 heteroatoms. The molecule has 1 aromatic carbocycles. The van der Waals surface area contributed by atoms with Gasteiger partial charge in [0.15, 0.2) is 5.78 Å². The van der Waals surface area contributed by atoms with Crippen LogP contribution in [0.25, 0.3) is 6.08 Å². The van der Waals surface area contributed by atoms with Crippen molar-refractivity contribution in [1.82, 2.24) is 9.78 Å². The highest BCUT2D eigenvalue weighted by molar-refractivity contribution is 5.94. The molecule has 0 aliphatic rings. The largest absolute Gasteiger partial charge is 0.399 e. The summed E-state index contributed by atoms with van der Waals surface area (Å²) in [5.74, 6) is 0.0625. The van der Waals surface area contributed by atoms with E-state index < -0.39 is 0 Å². The Hall–Kier alpha value is -2.36. The van der Waals surface area contributed by atoms with Gasteiger partial charge in [0.2, 0.25) is 0 Å². The minimum Gasteiger partial charge on any atom is -0.399 e. The van der Waals surface area contributed by atoms with Gasteiger partial charge < -0.3 is 5.73 Å². The van der Waals surface area contributed by atoms with E-state index in [9.17, 15) is 4.79 Å². The lowest BCUT2D eigenvalue weighted by atomic mass is 10.1. The molecule has 0 spiro atoms. The van der Waals surface area contributed by atoms with Gasteiger partial charge in [-0.3, -0.25) is 9.48 Å². The van der Waals surface area contributed by atoms with Crippen molar-refractivity contribution in [3.63, 3.8) is 0 Å². The number of anilines is 1. The molecule has 104 valence electrons. The number of nitrogens with zero attached hydrogens (tertiary/aromatic N) is 2. The van der Waals surface area contributed by atoms with Crippen LogP contribution in [0.3, 0.4) is 0 Å². The number of benzene rings is 1. The molecular formula is C16H19N3O. The van der Waals surface area contributed by atoms with Crippen molar-refractivity contribution >= 4 is 17.5 Å². The summed E-state index contributed by atoms with van der Waals surface area (Å²) in [5, 5.41) is 4.34. The second kappa shape index (κ2) is 6.19. The summed E-state index contributed by atoms with van der Waals surface area (Å²) in [6.07, 6.45) is 4.65. The van der Waals surface area contributed by atoms with Crippen LogP contribution in [-0.2, 0) is 24.7 Å². The van der Waals surface area contributed by atoms with Gasteiger partial charge in [0, 0.05) is 18.4 Å². The zero-order valence-electron chi connectivity index (χ0n) is 11.8. The SMILES string of the molecule is CCc1cc(CC(=O)/C=C/c2ccc(N)cc2)n(C)n1. The Balaban J connectivity index is 2.01. The monoisotopic (exact) mass is 269 g/mol. The van der Waals surface area contributed by atoms with E-state index in [2.05, 4.69) is 12.0 Å². The lowest BCUT2D eigenvalue weighted by molar-refractivity contribution is -0.114. The summed E-state index contributed by atoms with van der Waals surface area (Å²) in [6.45, 7) is 2.05. The summed E-state index contributed by atoms with van der Waals surface area (Å²) in [6, 6.07) is 9.39.